The van der Waals surface area contributed by atoms with Crippen molar-refractivity contribution >= 4 is 0 Å². The molecule has 102 valence electrons. The van der Waals surface area contributed by atoms with Gasteiger partial charge >= 0.3 is 5.69 Å². The van der Waals surface area contributed by atoms with Crippen molar-refractivity contribution in [1.29, 1.82) is 0 Å². The third kappa shape index (κ3) is 2.85. The van der Waals surface area contributed by atoms with E-state index in [0.29, 0.717) is 13.2 Å². The molecule has 1 atom stereocenters. The number of hydrogen-bond donors (Lipinski definition) is 1. The monoisotopic (exact) mass is 262 g/mol. The van der Waals surface area contributed by atoms with E-state index in [4.69, 9.17) is 10.5 Å². The Kier molecular flexibility index (Phi) is 4.01. The number of ether oxygens (including phenoxy) is 1. The van der Waals surface area contributed by atoms with E-state index < -0.39 is 0 Å². The van der Waals surface area contributed by atoms with Crippen molar-refractivity contribution in [1.82, 2.24) is 14.3 Å². The molecule has 6 heteroatoms. The maximum atomic E-state index is 11.7. The van der Waals surface area contributed by atoms with Gasteiger partial charge in [0, 0.05) is 12.6 Å². The van der Waals surface area contributed by atoms with Crippen LogP contribution in [-0.4, -0.2) is 21.0 Å². The average molecular weight is 262 g/mol. The second-order valence-corrected chi connectivity index (χ2v) is 4.28. The van der Waals surface area contributed by atoms with E-state index >= 15 is 0 Å². The third-order valence-electron chi connectivity index (χ3n) is 2.87. The first kappa shape index (κ1) is 13.4. The van der Waals surface area contributed by atoms with E-state index in [1.807, 2.05) is 31.2 Å². The molecule has 0 bridgehead atoms. The fraction of sp³-hybridized carbons (Fsp3) is 0.385. The molecule has 0 fully saturated rings. The average Bonchev–Trinajstić information content (AvgIpc) is 2.72. The molecule has 1 aromatic heterocycles. The van der Waals surface area contributed by atoms with Gasteiger partial charge in [0.1, 0.15) is 12.1 Å². The summed E-state index contributed by atoms with van der Waals surface area (Å²) in [5.74, 6) is 0.751. The number of benzene rings is 1. The van der Waals surface area contributed by atoms with Gasteiger partial charge in [0.2, 0.25) is 0 Å². The largest absolute Gasteiger partial charge is 0.494 e. The number of rotatable bonds is 5. The normalized spacial score (nSPS) is 12.4. The fourth-order valence-electron chi connectivity index (χ4n) is 1.90. The molecule has 0 saturated carbocycles. The summed E-state index contributed by atoms with van der Waals surface area (Å²) in [5.41, 5.74) is 6.85. The Balaban J connectivity index is 2.22. The van der Waals surface area contributed by atoms with E-state index in [1.165, 1.54) is 15.6 Å². The van der Waals surface area contributed by atoms with E-state index in [-0.39, 0.29) is 11.7 Å². The molecule has 2 aromatic rings. The molecule has 2 N–H and O–H groups in total. The van der Waals surface area contributed by atoms with Crippen LogP contribution in [0.5, 0.6) is 5.75 Å². The topological polar surface area (TPSA) is 75.1 Å². The van der Waals surface area contributed by atoms with Crippen LogP contribution >= 0.6 is 0 Å². The highest BCUT2D eigenvalue weighted by molar-refractivity contribution is 5.35. The van der Waals surface area contributed by atoms with Crippen LogP contribution in [0.3, 0.4) is 0 Å². The van der Waals surface area contributed by atoms with E-state index in [2.05, 4.69) is 5.10 Å². The number of para-hydroxylation sites is 1. The maximum Gasteiger partial charge on any atom is 0.345 e. The molecule has 0 radical (unpaired) electrons. The summed E-state index contributed by atoms with van der Waals surface area (Å²) in [5, 5.41) is 4.00. The summed E-state index contributed by atoms with van der Waals surface area (Å²) in [4.78, 5) is 11.7. The maximum absolute atomic E-state index is 11.7. The lowest BCUT2D eigenvalue weighted by molar-refractivity contribution is 0.332. The number of nitrogens with two attached hydrogens (primary N) is 1. The zero-order valence-corrected chi connectivity index (χ0v) is 11.1. The minimum atomic E-state index is -0.338. The highest BCUT2D eigenvalue weighted by Crippen LogP contribution is 2.24. The van der Waals surface area contributed by atoms with Crippen molar-refractivity contribution in [2.24, 2.45) is 12.8 Å². The van der Waals surface area contributed by atoms with Crippen LogP contribution in [-0.2, 0) is 13.6 Å². The van der Waals surface area contributed by atoms with Crippen molar-refractivity contribution in [2.45, 2.75) is 19.5 Å². The first-order chi connectivity index (χ1) is 9.13. The number of nitrogens with zero attached hydrogens (tertiary/aromatic N) is 3. The molecule has 1 heterocycles. The van der Waals surface area contributed by atoms with Crippen LogP contribution in [0.1, 0.15) is 18.5 Å². The quantitative estimate of drug-likeness (QED) is 0.859. The van der Waals surface area contributed by atoms with Gasteiger partial charge in [-0.3, -0.25) is 4.57 Å². The van der Waals surface area contributed by atoms with Gasteiger partial charge in [-0.2, -0.15) is 5.10 Å². The summed E-state index contributed by atoms with van der Waals surface area (Å²) < 4.78 is 8.31. The second-order valence-electron chi connectivity index (χ2n) is 4.28. The highest BCUT2D eigenvalue weighted by atomic mass is 16.5. The minimum Gasteiger partial charge on any atom is -0.494 e. The zero-order chi connectivity index (χ0) is 13.8. The lowest BCUT2D eigenvalue weighted by Crippen LogP contribution is -2.28. The standard InChI is InChI=1S/C13H18N4O2/c1-3-19-12-7-5-4-6-10(12)11(14)8-17-13(18)16(2)9-15-17/h4-7,9,11H,3,8,14H2,1-2H3. The van der Waals surface area contributed by atoms with Crippen LogP contribution in [0.2, 0.25) is 0 Å². The van der Waals surface area contributed by atoms with Gasteiger partial charge in [0.25, 0.3) is 0 Å². The zero-order valence-electron chi connectivity index (χ0n) is 11.1. The predicted octanol–water partition coefficient (Wildman–Crippen LogP) is 0.680. The predicted molar refractivity (Wildman–Crippen MR) is 72.0 cm³/mol. The summed E-state index contributed by atoms with van der Waals surface area (Å²) in [6.07, 6.45) is 1.48. The summed E-state index contributed by atoms with van der Waals surface area (Å²) in [6.45, 7) is 2.82. The molecule has 0 aliphatic carbocycles. The highest BCUT2D eigenvalue weighted by Gasteiger charge is 2.14. The molecular formula is C13H18N4O2. The van der Waals surface area contributed by atoms with Crippen LogP contribution in [0.15, 0.2) is 35.4 Å². The van der Waals surface area contributed by atoms with E-state index in [9.17, 15) is 4.79 Å². The van der Waals surface area contributed by atoms with Crippen LogP contribution < -0.4 is 16.2 Å². The van der Waals surface area contributed by atoms with Gasteiger partial charge in [-0.25, -0.2) is 9.48 Å². The first-order valence-electron chi connectivity index (χ1n) is 6.19. The van der Waals surface area contributed by atoms with Gasteiger partial charge < -0.3 is 10.5 Å². The molecule has 2 rings (SSSR count). The number of hydrogen-bond acceptors (Lipinski definition) is 4. The third-order valence-corrected chi connectivity index (χ3v) is 2.87. The van der Waals surface area contributed by atoms with E-state index in [1.54, 1.807) is 7.05 Å². The summed E-state index contributed by atoms with van der Waals surface area (Å²) >= 11 is 0. The molecule has 0 aliphatic rings. The minimum absolute atomic E-state index is 0.177. The SMILES string of the molecule is CCOc1ccccc1C(N)Cn1ncn(C)c1=O. The van der Waals surface area contributed by atoms with Crippen molar-refractivity contribution in [3.8, 4) is 5.75 Å². The Labute approximate surface area is 111 Å². The molecule has 1 unspecified atom stereocenters. The lowest BCUT2D eigenvalue weighted by Gasteiger charge is -2.15. The molecule has 1 aromatic carbocycles. The molecule has 0 aliphatic heterocycles. The van der Waals surface area contributed by atoms with Crippen LogP contribution in [0.4, 0.5) is 0 Å². The van der Waals surface area contributed by atoms with Crippen molar-refractivity contribution in [3.05, 3.63) is 46.6 Å². The van der Waals surface area contributed by atoms with Gasteiger partial charge in [-0.15, -0.1) is 0 Å². The number of aromatic nitrogens is 3. The molecule has 0 amide bonds. The summed E-state index contributed by atoms with van der Waals surface area (Å²) in [7, 11) is 1.66. The molecule has 6 nitrogen and oxygen atoms in total. The van der Waals surface area contributed by atoms with Gasteiger partial charge in [0.15, 0.2) is 0 Å². The fourth-order valence-corrected chi connectivity index (χ4v) is 1.90. The van der Waals surface area contributed by atoms with Crippen LogP contribution in [0.25, 0.3) is 0 Å². The Morgan fingerprint density at radius 2 is 2.16 bits per heavy atom. The Morgan fingerprint density at radius 3 is 2.79 bits per heavy atom. The first-order valence-corrected chi connectivity index (χ1v) is 6.19. The second kappa shape index (κ2) is 5.71. The van der Waals surface area contributed by atoms with Crippen molar-refractivity contribution in [2.75, 3.05) is 6.61 Å². The van der Waals surface area contributed by atoms with Crippen LogP contribution in [0, 0.1) is 0 Å². The number of aryl methyl sites for hydroxylation is 1. The Morgan fingerprint density at radius 1 is 1.42 bits per heavy atom. The Hall–Kier alpha value is -2.08. The Bertz CT molecular complexity index is 603. The smallest absolute Gasteiger partial charge is 0.345 e. The van der Waals surface area contributed by atoms with Gasteiger partial charge in [-0.1, -0.05) is 18.2 Å². The van der Waals surface area contributed by atoms with Crippen molar-refractivity contribution in [3.63, 3.8) is 0 Å². The van der Waals surface area contributed by atoms with Crippen molar-refractivity contribution < 1.29 is 4.74 Å². The van der Waals surface area contributed by atoms with Gasteiger partial charge in [-0.05, 0) is 13.0 Å². The lowest BCUT2D eigenvalue weighted by atomic mass is 10.1. The molecule has 0 spiro atoms. The van der Waals surface area contributed by atoms with E-state index in [0.717, 1.165) is 11.3 Å². The summed E-state index contributed by atoms with van der Waals surface area (Å²) in [6, 6.07) is 7.24. The molecule has 19 heavy (non-hydrogen) atoms. The molecule has 0 saturated heterocycles. The van der Waals surface area contributed by atoms with Gasteiger partial charge in [0.05, 0.1) is 19.2 Å². The molecular weight excluding hydrogens is 244 g/mol.